The summed E-state index contributed by atoms with van der Waals surface area (Å²) in [7, 11) is 6.47. The Morgan fingerprint density at radius 2 is 1.07 bits per heavy atom. The zero-order chi connectivity index (χ0) is 21.5. The zero-order valence-corrected chi connectivity index (χ0v) is 17.8. The van der Waals surface area contributed by atoms with Crippen molar-refractivity contribution in [3.63, 3.8) is 0 Å². The van der Waals surface area contributed by atoms with E-state index in [-0.39, 0.29) is 18.4 Å². The molecule has 0 fully saturated rings. The van der Waals surface area contributed by atoms with E-state index < -0.39 is 0 Å². The minimum atomic E-state index is -0.164. The molecule has 0 aromatic heterocycles. The topological polar surface area (TPSA) is 57.2 Å². The molecule has 3 aromatic rings. The largest absolute Gasteiger partial charge is 0.493 e. The lowest BCUT2D eigenvalue weighted by Gasteiger charge is -2.28. The average molecular weight is 408 g/mol. The summed E-state index contributed by atoms with van der Waals surface area (Å²) < 4.78 is 21.9. The number of ether oxygens (including phenoxy) is 4. The van der Waals surface area contributed by atoms with Gasteiger partial charge in [-0.2, -0.15) is 0 Å². The lowest BCUT2D eigenvalue weighted by Crippen LogP contribution is -2.17. The molecule has 1 atom stereocenters. The van der Waals surface area contributed by atoms with Crippen LogP contribution in [0.25, 0.3) is 0 Å². The second-order valence-electron chi connectivity index (χ2n) is 6.91. The highest BCUT2D eigenvalue weighted by Crippen LogP contribution is 2.43. The predicted molar refractivity (Wildman–Crippen MR) is 117 cm³/mol. The van der Waals surface area contributed by atoms with Crippen molar-refractivity contribution in [2.75, 3.05) is 35.0 Å². The summed E-state index contributed by atoms with van der Waals surface area (Å²) in [5.41, 5.74) is 3.06. The number of aliphatic hydroxyl groups excluding tert-OH is 1. The summed E-state index contributed by atoms with van der Waals surface area (Å²) in [5, 5.41) is 10.4. The molecule has 0 amide bonds. The summed E-state index contributed by atoms with van der Waals surface area (Å²) >= 11 is 0. The molecule has 3 rings (SSSR count). The molecule has 0 radical (unpaired) electrons. The molecule has 158 valence electrons. The maximum absolute atomic E-state index is 10.4. The van der Waals surface area contributed by atoms with Crippen molar-refractivity contribution in [2.24, 2.45) is 0 Å². The number of methoxy groups -OCH3 is 4. The maximum atomic E-state index is 10.4. The van der Waals surface area contributed by atoms with Gasteiger partial charge in [0.05, 0.1) is 35.0 Å². The van der Waals surface area contributed by atoms with Crippen LogP contribution in [0, 0.1) is 0 Å². The molecule has 0 aliphatic heterocycles. The summed E-state index contributed by atoms with van der Waals surface area (Å²) in [6.45, 7) is -0.0165. The highest BCUT2D eigenvalue weighted by Gasteiger charge is 2.28. The smallest absolute Gasteiger partial charge is 0.161 e. The van der Waals surface area contributed by atoms with Crippen LogP contribution in [0.1, 0.15) is 28.5 Å². The van der Waals surface area contributed by atoms with Crippen molar-refractivity contribution in [3.05, 3.63) is 83.4 Å². The number of hydrogen-bond acceptors (Lipinski definition) is 5. The summed E-state index contributed by atoms with van der Waals surface area (Å²) in [4.78, 5) is 0. The van der Waals surface area contributed by atoms with Crippen LogP contribution in [-0.2, 0) is 0 Å². The van der Waals surface area contributed by atoms with Crippen molar-refractivity contribution < 1.29 is 24.1 Å². The van der Waals surface area contributed by atoms with Gasteiger partial charge in [0.1, 0.15) is 0 Å². The molecule has 0 bridgehead atoms. The highest BCUT2D eigenvalue weighted by molar-refractivity contribution is 5.51. The van der Waals surface area contributed by atoms with Crippen molar-refractivity contribution >= 4 is 0 Å². The predicted octanol–water partition coefficient (Wildman–Crippen LogP) is 4.63. The number of aliphatic hydroxyl groups is 1. The average Bonchev–Trinajstić information content (AvgIpc) is 2.82. The molecule has 0 saturated heterocycles. The van der Waals surface area contributed by atoms with Gasteiger partial charge in [-0.05, 0) is 41.0 Å². The van der Waals surface area contributed by atoms with E-state index in [1.54, 1.807) is 28.4 Å². The van der Waals surface area contributed by atoms with Gasteiger partial charge in [-0.15, -0.1) is 0 Å². The molecule has 0 aliphatic rings. The summed E-state index contributed by atoms with van der Waals surface area (Å²) in [6.07, 6.45) is 0. The van der Waals surface area contributed by atoms with Crippen molar-refractivity contribution in [3.8, 4) is 23.0 Å². The summed E-state index contributed by atoms with van der Waals surface area (Å²) in [6, 6.07) is 21.7. The van der Waals surface area contributed by atoms with Gasteiger partial charge in [0.25, 0.3) is 0 Å². The molecule has 5 nitrogen and oxygen atoms in total. The van der Waals surface area contributed by atoms with E-state index >= 15 is 0 Å². The molecule has 0 saturated carbocycles. The first-order chi connectivity index (χ1) is 14.7. The first-order valence-corrected chi connectivity index (χ1v) is 9.76. The van der Waals surface area contributed by atoms with Crippen LogP contribution in [0.5, 0.6) is 23.0 Å². The van der Waals surface area contributed by atoms with Crippen LogP contribution < -0.4 is 18.9 Å². The van der Waals surface area contributed by atoms with E-state index in [1.807, 2.05) is 66.7 Å². The molecular formula is C25H28O5. The minimum absolute atomic E-state index is 0.0165. The molecule has 0 aliphatic carbocycles. The highest BCUT2D eigenvalue weighted by atomic mass is 16.5. The second kappa shape index (κ2) is 10.0. The van der Waals surface area contributed by atoms with E-state index in [9.17, 15) is 5.11 Å². The van der Waals surface area contributed by atoms with Gasteiger partial charge in [0.2, 0.25) is 0 Å². The van der Waals surface area contributed by atoms with Gasteiger partial charge in [0.15, 0.2) is 23.0 Å². The van der Waals surface area contributed by atoms with Gasteiger partial charge in [-0.25, -0.2) is 0 Å². The summed E-state index contributed by atoms with van der Waals surface area (Å²) in [5.74, 6) is 2.30. The lowest BCUT2D eigenvalue weighted by molar-refractivity contribution is 0.255. The number of rotatable bonds is 9. The van der Waals surface area contributed by atoms with E-state index in [0.717, 1.165) is 16.7 Å². The molecular weight excluding hydrogens is 380 g/mol. The standard InChI is InChI=1S/C25H28O5/c1-27-21-12-10-18(14-23(21)29-3)25(20(16-26)17-8-6-5-7-9-17)19-11-13-22(28-2)24(15-19)30-4/h5-15,20,25-26H,16H2,1-4H3. The van der Waals surface area contributed by atoms with E-state index in [2.05, 4.69) is 0 Å². The van der Waals surface area contributed by atoms with Crippen LogP contribution in [0.2, 0.25) is 0 Å². The Balaban J connectivity index is 2.19. The first-order valence-electron chi connectivity index (χ1n) is 9.76. The van der Waals surface area contributed by atoms with Crippen LogP contribution in [0.3, 0.4) is 0 Å². The normalized spacial score (nSPS) is 11.8. The molecule has 3 aromatic carbocycles. The van der Waals surface area contributed by atoms with E-state index in [1.165, 1.54) is 0 Å². The van der Waals surface area contributed by atoms with Crippen LogP contribution >= 0.6 is 0 Å². The van der Waals surface area contributed by atoms with Gasteiger partial charge in [-0.1, -0.05) is 42.5 Å². The molecule has 30 heavy (non-hydrogen) atoms. The van der Waals surface area contributed by atoms with E-state index in [0.29, 0.717) is 23.0 Å². The number of benzene rings is 3. The van der Waals surface area contributed by atoms with Crippen LogP contribution in [0.4, 0.5) is 0 Å². The van der Waals surface area contributed by atoms with Crippen molar-refractivity contribution in [2.45, 2.75) is 11.8 Å². The van der Waals surface area contributed by atoms with E-state index in [4.69, 9.17) is 18.9 Å². The molecule has 0 spiro atoms. The zero-order valence-electron chi connectivity index (χ0n) is 17.8. The van der Waals surface area contributed by atoms with Gasteiger partial charge in [-0.3, -0.25) is 0 Å². The third kappa shape index (κ3) is 4.36. The fourth-order valence-electron chi connectivity index (χ4n) is 3.85. The molecule has 0 heterocycles. The fraction of sp³-hybridized carbons (Fsp3) is 0.280. The van der Waals surface area contributed by atoms with Crippen molar-refractivity contribution in [1.29, 1.82) is 0 Å². The second-order valence-corrected chi connectivity index (χ2v) is 6.91. The Morgan fingerprint density at radius 1 is 0.600 bits per heavy atom. The minimum Gasteiger partial charge on any atom is -0.493 e. The Kier molecular flexibility index (Phi) is 7.20. The third-order valence-electron chi connectivity index (χ3n) is 5.36. The Morgan fingerprint density at radius 3 is 1.47 bits per heavy atom. The SMILES string of the molecule is COc1ccc(C(c2ccc(OC)c(OC)c2)C(CO)c2ccccc2)cc1OC. The van der Waals surface area contributed by atoms with Gasteiger partial charge in [0, 0.05) is 11.8 Å². The molecule has 5 heteroatoms. The molecule has 1 unspecified atom stereocenters. The third-order valence-corrected chi connectivity index (χ3v) is 5.36. The first kappa shape index (κ1) is 21.5. The lowest BCUT2D eigenvalue weighted by atomic mass is 9.77. The maximum Gasteiger partial charge on any atom is 0.161 e. The van der Waals surface area contributed by atoms with Gasteiger partial charge < -0.3 is 24.1 Å². The quantitative estimate of drug-likeness (QED) is 0.559. The molecule has 1 N–H and O–H groups in total. The Bertz CT molecular complexity index is 900. The van der Waals surface area contributed by atoms with Crippen LogP contribution in [-0.4, -0.2) is 40.2 Å². The van der Waals surface area contributed by atoms with Gasteiger partial charge >= 0.3 is 0 Å². The Hall–Kier alpha value is -3.18. The van der Waals surface area contributed by atoms with Crippen molar-refractivity contribution in [1.82, 2.24) is 0 Å². The monoisotopic (exact) mass is 408 g/mol. The Labute approximate surface area is 177 Å². The van der Waals surface area contributed by atoms with Crippen LogP contribution in [0.15, 0.2) is 66.7 Å². The fourth-order valence-corrected chi connectivity index (χ4v) is 3.85. The number of hydrogen-bond donors (Lipinski definition) is 1.